The van der Waals surface area contributed by atoms with Gasteiger partial charge in [-0.3, -0.25) is 19.7 Å². The Bertz CT molecular complexity index is 898. The molecule has 3 unspecified atom stereocenters. The van der Waals surface area contributed by atoms with Crippen molar-refractivity contribution in [1.82, 2.24) is 15.5 Å². The van der Waals surface area contributed by atoms with Crippen LogP contribution in [0, 0.1) is 11.6 Å². The van der Waals surface area contributed by atoms with E-state index < -0.39 is 35.4 Å². The van der Waals surface area contributed by atoms with Crippen LogP contribution in [0.15, 0.2) is 6.07 Å². The van der Waals surface area contributed by atoms with Crippen LogP contribution in [0.3, 0.4) is 0 Å². The summed E-state index contributed by atoms with van der Waals surface area (Å²) in [7, 11) is 0. The molecule has 0 spiro atoms. The van der Waals surface area contributed by atoms with Crippen molar-refractivity contribution in [3.05, 3.63) is 28.8 Å². The molecule has 5 heterocycles. The molecule has 7 nitrogen and oxygen atoms in total. The van der Waals surface area contributed by atoms with Crippen molar-refractivity contribution in [2.45, 2.75) is 50.4 Å². The number of fused-ring (bicyclic) bond motifs is 4. The Kier molecular flexibility index (Phi) is 3.90. The number of nitrogens with one attached hydrogen (secondary N) is 2. The number of piperidine rings is 3. The smallest absolute Gasteiger partial charge is 0.255 e. The maximum Gasteiger partial charge on any atom is 0.255 e. The maximum absolute atomic E-state index is 15.4. The van der Waals surface area contributed by atoms with Crippen LogP contribution < -0.4 is 15.5 Å². The van der Waals surface area contributed by atoms with Crippen molar-refractivity contribution in [1.29, 1.82) is 0 Å². The van der Waals surface area contributed by atoms with E-state index in [1.54, 1.807) is 4.90 Å². The number of hydrogen-bond acceptors (Lipinski definition) is 5. The number of rotatable bonds is 2. The van der Waals surface area contributed by atoms with E-state index in [2.05, 4.69) is 10.6 Å². The van der Waals surface area contributed by atoms with E-state index in [1.807, 2.05) is 0 Å². The molecule has 0 aliphatic carbocycles. The Hall–Kier alpha value is -2.55. The SMILES string of the molecule is O=C1CCC(N2Cc3c(cc(F)c(N4CC5CCC4CN5)c3F)C2=O)C(=O)N1. The molecule has 0 saturated carbocycles. The number of piperazine rings is 1. The molecule has 2 bridgehead atoms. The summed E-state index contributed by atoms with van der Waals surface area (Å²) in [4.78, 5) is 39.2. The van der Waals surface area contributed by atoms with Crippen molar-refractivity contribution < 1.29 is 23.2 Å². The van der Waals surface area contributed by atoms with Gasteiger partial charge in [-0.1, -0.05) is 0 Å². The monoisotopic (exact) mass is 390 g/mol. The first-order valence-corrected chi connectivity index (χ1v) is 9.59. The van der Waals surface area contributed by atoms with Gasteiger partial charge in [0.2, 0.25) is 11.8 Å². The molecule has 3 amide bonds. The van der Waals surface area contributed by atoms with E-state index in [0.717, 1.165) is 18.9 Å². The van der Waals surface area contributed by atoms with E-state index in [0.29, 0.717) is 13.1 Å². The molecule has 5 aliphatic heterocycles. The van der Waals surface area contributed by atoms with Gasteiger partial charge in [-0.05, 0) is 25.3 Å². The van der Waals surface area contributed by atoms with Crippen LogP contribution in [0.5, 0.6) is 0 Å². The quantitative estimate of drug-likeness (QED) is 0.726. The van der Waals surface area contributed by atoms with Gasteiger partial charge in [0.15, 0.2) is 5.82 Å². The lowest BCUT2D eigenvalue weighted by atomic mass is 9.92. The summed E-state index contributed by atoms with van der Waals surface area (Å²) in [5, 5.41) is 5.56. The third kappa shape index (κ3) is 2.52. The molecule has 9 heteroatoms. The van der Waals surface area contributed by atoms with Gasteiger partial charge in [-0.25, -0.2) is 8.78 Å². The Morgan fingerprint density at radius 3 is 2.54 bits per heavy atom. The second-order valence-corrected chi connectivity index (χ2v) is 7.94. The van der Waals surface area contributed by atoms with E-state index in [9.17, 15) is 18.8 Å². The summed E-state index contributed by atoms with van der Waals surface area (Å²) < 4.78 is 30.3. The van der Waals surface area contributed by atoms with Gasteiger partial charge in [0.25, 0.3) is 5.91 Å². The van der Waals surface area contributed by atoms with Gasteiger partial charge < -0.3 is 15.1 Å². The van der Waals surface area contributed by atoms with Crippen LogP contribution in [0.2, 0.25) is 0 Å². The number of hydrogen-bond donors (Lipinski definition) is 2. The minimum atomic E-state index is -0.848. The van der Waals surface area contributed by atoms with E-state index in [4.69, 9.17) is 0 Å². The van der Waals surface area contributed by atoms with Gasteiger partial charge in [-0.15, -0.1) is 0 Å². The second kappa shape index (κ2) is 6.23. The zero-order valence-electron chi connectivity index (χ0n) is 15.1. The molecule has 1 aromatic carbocycles. The molecule has 148 valence electrons. The molecule has 2 N–H and O–H groups in total. The fourth-order valence-electron chi connectivity index (χ4n) is 4.87. The van der Waals surface area contributed by atoms with Gasteiger partial charge in [-0.2, -0.15) is 0 Å². The van der Waals surface area contributed by atoms with Crippen molar-refractivity contribution in [2.75, 3.05) is 18.0 Å². The molecular formula is C19H20F2N4O3. The topological polar surface area (TPSA) is 81.8 Å². The second-order valence-electron chi connectivity index (χ2n) is 7.94. The standard InChI is InChI=1S/C19H20F2N4O3/c20-13-5-11-12(8-25(19(11)28)14-3-4-15(26)23-18(14)27)16(21)17(13)24-7-9-1-2-10(24)6-22-9/h5,9-10,14,22H,1-4,6-8H2,(H,23,26,27). The van der Waals surface area contributed by atoms with E-state index in [-0.39, 0.29) is 48.3 Å². The first-order valence-electron chi connectivity index (χ1n) is 9.59. The number of halogens is 2. The lowest BCUT2D eigenvalue weighted by Gasteiger charge is -2.47. The number of anilines is 1. The summed E-state index contributed by atoms with van der Waals surface area (Å²) in [5.41, 5.74) is 0.0112. The zero-order chi connectivity index (χ0) is 19.6. The molecule has 0 aromatic heterocycles. The van der Waals surface area contributed by atoms with Crippen LogP contribution in [0.4, 0.5) is 14.5 Å². The largest absolute Gasteiger partial charge is 0.361 e. The first-order chi connectivity index (χ1) is 13.4. The number of amides is 3. The lowest BCUT2D eigenvalue weighted by Crippen LogP contribution is -2.61. The molecular weight excluding hydrogens is 370 g/mol. The Balaban J connectivity index is 1.49. The third-order valence-electron chi connectivity index (χ3n) is 6.34. The predicted molar refractivity (Wildman–Crippen MR) is 94.6 cm³/mol. The molecule has 5 aliphatic rings. The van der Waals surface area contributed by atoms with Crippen molar-refractivity contribution in [2.24, 2.45) is 0 Å². The van der Waals surface area contributed by atoms with Gasteiger partial charge >= 0.3 is 0 Å². The predicted octanol–water partition coefficient (Wildman–Crippen LogP) is 0.666. The summed E-state index contributed by atoms with van der Waals surface area (Å²) in [6, 6.07) is 0.477. The Labute approximate surface area is 160 Å². The first kappa shape index (κ1) is 17.5. The average molecular weight is 390 g/mol. The van der Waals surface area contributed by atoms with Crippen molar-refractivity contribution in [3.8, 4) is 0 Å². The van der Waals surface area contributed by atoms with Crippen LogP contribution in [-0.2, 0) is 16.1 Å². The summed E-state index contributed by atoms with van der Waals surface area (Å²) in [6.07, 6.45) is 2.15. The van der Waals surface area contributed by atoms with Gasteiger partial charge in [0.05, 0.1) is 12.1 Å². The molecule has 28 heavy (non-hydrogen) atoms. The highest BCUT2D eigenvalue weighted by Crippen LogP contribution is 2.38. The highest BCUT2D eigenvalue weighted by Gasteiger charge is 2.43. The number of nitrogens with zero attached hydrogens (tertiary/aromatic N) is 2. The molecule has 0 radical (unpaired) electrons. The fraction of sp³-hybridized carbons (Fsp3) is 0.526. The summed E-state index contributed by atoms with van der Waals surface area (Å²) in [6.45, 7) is 1.11. The number of benzene rings is 1. The third-order valence-corrected chi connectivity index (χ3v) is 6.34. The normalized spacial score (nSPS) is 29.4. The molecule has 1 aromatic rings. The van der Waals surface area contributed by atoms with Crippen LogP contribution >= 0.6 is 0 Å². The molecule has 4 fully saturated rings. The summed E-state index contributed by atoms with van der Waals surface area (Å²) >= 11 is 0. The van der Waals surface area contributed by atoms with Gasteiger partial charge in [0.1, 0.15) is 17.5 Å². The minimum absolute atomic E-state index is 0.0235. The lowest BCUT2D eigenvalue weighted by molar-refractivity contribution is -0.136. The van der Waals surface area contributed by atoms with E-state index in [1.165, 1.54) is 4.90 Å². The van der Waals surface area contributed by atoms with E-state index >= 15 is 4.39 Å². The zero-order valence-corrected chi connectivity index (χ0v) is 15.1. The number of carbonyl (C=O) groups excluding carboxylic acids is 3. The molecule has 6 rings (SSSR count). The van der Waals surface area contributed by atoms with Gasteiger partial charge in [0, 0.05) is 37.2 Å². The highest BCUT2D eigenvalue weighted by atomic mass is 19.1. The van der Waals surface area contributed by atoms with Crippen LogP contribution in [-0.4, -0.2) is 53.8 Å². The Morgan fingerprint density at radius 1 is 1.07 bits per heavy atom. The maximum atomic E-state index is 15.4. The fourth-order valence-corrected chi connectivity index (χ4v) is 4.87. The molecule has 3 atom stereocenters. The van der Waals surface area contributed by atoms with Crippen molar-refractivity contribution in [3.63, 3.8) is 0 Å². The minimum Gasteiger partial charge on any atom is -0.361 e. The Morgan fingerprint density at radius 2 is 1.89 bits per heavy atom. The van der Waals surface area contributed by atoms with Crippen molar-refractivity contribution >= 4 is 23.4 Å². The molecule has 4 saturated heterocycles. The average Bonchev–Trinajstić information content (AvgIpc) is 3.00. The number of imide groups is 1. The van der Waals surface area contributed by atoms with Crippen LogP contribution in [0.1, 0.15) is 41.6 Å². The summed E-state index contributed by atoms with van der Waals surface area (Å²) in [5.74, 6) is -3.00. The highest BCUT2D eigenvalue weighted by molar-refractivity contribution is 6.05. The van der Waals surface area contributed by atoms with Crippen LogP contribution in [0.25, 0.3) is 0 Å². The number of carbonyl (C=O) groups is 3.